The number of rotatable bonds is 0. The van der Waals surface area contributed by atoms with Crippen molar-refractivity contribution in [3.8, 4) is 0 Å². The Morgan fingerprint density at radius 2 is 2.09 bits per heavy atom. The Bertz CT molecular complexity index is 146. The van der Waals surface area contributed by atoms with E-state index in [0.717, 1.165) is 12.3 Å². The van der Waals surface area contributed by atoms with Crippen LogP contribution in [0.25, 0.3) is 0 Å². The van der Waals surface area contributed by atoms with Gasteiger partial charge in [0.1, 0.15) is 0 Å². The van der Waals surface area contributed by atoms with Crippen molar-refractivity contribution in [1.29, 1.82) is 0 Å². The van der Waals surface area contributed by atoms with Crippen molar-refractivity contribution in [3.63, 3.8) is 0 Å². The highest BCUT2D eigenvalue weighted by Crippen LogP contribution is 2.35. The number of hydrogen-bond acceptors (Lipinski definition) is 2. The van der Waals surface area contributed by atoms with Gasteiger partial charge in [-0.15, -0.1) is 0 Å². The van der Waals surface area contributed by atoms with Crippen LogP contribution in [0.3, 0.4) is 0 Å². The van der Waals surface area contributed by atoms with E-state index in [1.165, 1.54) is 25.8 Å². The lowest BCUT2D eigenvalue weighted by Crippen LogP contribution is -2.42. The lowest BCUT2D eigenvalue weighted by atomic mass is 9.83. The Hall–Kier alpha value is -0.0800. The zero-order chi connectivity index (χ0) is 7.84. The monoisotopic (exact) mass is 155 g/mol. The molecular formula is C9H17NO. The van der Waals surface area contributed by atoms with E-state index in [1.54, 1.807) is 0 Å². The molecule has 0 aromatic heterocycles. The van der Waals surface area contributed by atoms with E-state index in [1.807, 2.05) is 0 Å². The molecule has 2 nitrogen and oxygen atoms in total. The molecule has 0 aromatic carbocycles. The molecule has 0 spiro atoms. The molecular weight excluding hydrogens is 138 g/mol. The summed E-state index contributed by atoms with van der Waals surface area (Å²) in [6, 6.07) is 0.490. The molecule has 11 heavy (non-hydrogen) atoms. The molecule has 1 saturated carbocycles. The third kappa shape index (κ3) is 1.18. The summed E-state index contributed by atoms with van der Waals surface area (Å²) in [6.07, 6.45) is 4.85. The van der Waals surface area contributed by atoms with Crippen LogP contribution in [0.2, 0.25) is 0 Å². The van der Waals surface area contributed by atoms with E-state index < -0.39 is 0 Å². The van der Waals surface area contributed by atoms with Gasteiger partial charge in [0.05, 0.1) is 6.10 Å². The summed E-state index contributed by atoms with van der Waals surface area (Å²) < 4.78 is 0. The van der Waals surface area contributed by atoms with Gasteiger partial charge in [-0.3, -0.25) is 0 Å². The third-order valence-corrected chi connectivity index (χ3v) is 3.31. The Kier molecular flexibility index (Phi) is 1.90. The molecule has 1 aliphatic heterocycles. The Morgan fingerprint density at radius 1 is 1.27 bits per heavy atom. The minimum atomic E-state index is -0.0405. The number of nitrogens with zero attached hydrogens (tertiary/aromatic N) is 1. The van der Waals surface area contributed by atoms with Gasteiger partial charge in [0.25, 0.3) is 0 Å². The van der Waals surface area contributed by atoms with E-state index in [-0.39, 0.29) is 6.10 Å². The highest BCUT2D eigenvalue weighted by atomic mass is 16.3. The largest absolute Gasteiger partial charge is 0.391 e. The van der Waals surface area contributed by atoms with Crippen LogP contribution in [-0.2, 0) is 0 Å². The van der Waals surface area contributed by atoms with Crippen LogP contribution in [0, 0.1) is 5.92 Å². The summed E-state index contributed by atoms with van der Waals surface area (Å²) in [6.45, 7) is 1.19. The van der Waals surface area contributed by atoms with E-state index in [4.69, 9.17) is 0 Å². The smallest absolute Gasteiger partial charge is 0.0698 e. The number of likely N-dealkylation sites (tertiary alicyclic amines) is 1. The highest BCUT2D eigenvalue weighted by molar-refractivity contribution is 4.93. The molecule has 1 heterocycles. The minimum Gasteiger partial charge on any atom is -0.391 e. The van der Waals surface area contributed by atoms with Gasteiger partial charge in [0.15, 0.2) is 0 Å². The second-order valence-corrected chi connectivity index (χ2v) is 4.02. The first-order chi connectivity index (χ1) is 5.29. The molecule has 2 aliphatic rings. The van der Waals surface area contributed by atoms with Crippen LogP contribution in [-0.4, -0.2) is 35.7 Å². The second kappa shape index (κ2) is 2.76. The van der Waals surface area contributed by atoms with Gasteiger partial charge in [-0.05, 0) is 38.8 Å². The van der Waals surface area contributed by atoms with Crippen LogP contribution in [0.15, 0.2) is 0 Å². The fourth-order valence-electron chi connectivity index (χ4n) is 2.73. The molecule has 2 rings (SSSR count). The number of likely N-dealkylation sites (N-methyl/N-ethyl adjacent to an activating group) is 1. The standard InChI is InChI=1S/C9H17NO/c1-10-6-5-7-3-2-4-8(11)9(7)10/h7-9,11H,2-6H2,1H3. The summed E-state index contributed by atoms with van der Waals surface area (Å²) in [5.41, 5.74) is 0. The highest BCUT2D eigenvalue weighted by Gasteiger charge is 2.38. The molecule has 64 valence electrons. The predicted octanol–water partition coefficient (Wildman–Crippen LogP) is 0.851. The third-order valence-electron chi connectivity index (χ3n) is 3.31. The van der Waals surface area contributed by atoms with Crippen molar-refractivity contribution < 1.29 is 5.11 Å². The van der Waals surface area contributed by atoms with Crippen LogP contribution in [0.4, 0.5) is 0 Å². The minimum absolute atomic E-state index is 0.0405. The molecule has 0 bridgehead atoms. The van der Waals surface area contributed by atoms with Gasteiger partial charge in [-0.2, -0.15) is 0 Å². The normalized spacial score (nSPS) is 45.8. The van der Waals surface area contributed by atoms with Crippen molar-refractivity contribution in [1.82, 2.24) is 4.90 Å². The molecule has 2 fully saturated rings. The maximum Gasteiger partial charge on any atom is 0.0698 e. The van der Waals surface area contributed by atoms with Crippen molar-refractivity contribution in [2.24, 2.45) is 5.92 Å². The molecule has 0 aromatic rings. The molecule has 0 radical (unpaired) electrons. The second-order valence-electron chi connectivity index (χ2n) is 4.02. The van der Waals surface area contributed by atoms with E-state index in [9.17, 15) is 5.11 Å². The maximum atomic E-state index is 9.71. The van der Waals surface area contributed by atoms with Crippen molar-refractivity contribution in [2.45, 2.75) is 37.8 Å². The first kappa shape index (κ1) is 7.56. The summed E-state index contributed by atoms with van der Waals surface area (Å²) in [7, 11) is 2.14. The lowest BCUT2D eigenvalue weighted by Gasteiger charge is -2.33. The Morgan fingerprint density at radius 3 is 2.82 bits per heavy atom. The number of aliphatic hydroxyl groups excluding tert-OH is 1. The quantitative estimate of drug-likeness (QED) is 0.560. The van der Waals surface area contributed by atoms with Crippen molar-refractivity contribution in [2.75, 3.05) is 13.6 Å². The average Bonchev–Trinajstić information content (AvgIpc) is 2.34. The van der Waals surface area contributed by atoms with Crippen LogP contribution < -0.4 is 0 Å². The topological polar surface area (TPSA) is 23.5 Å². The van der Waals surface area contributed by atoms with Gasteiger partial charge in [-0.1, -0.05) is 6.42 Å². The molecule has 1 N–H and O–H groups in total. The molecule has 1 aliphatic carbocycles. The van der Waals surface area contributed by atoms with E-state index in [0.29, 0.717) is 6.04 Å². The van der Waals surface area contributed by atoms with Crippen LogP contribution >= 0.6 is 0 Å². The molecule has 0 amide bonds. The lowest BCUT2D eigenvalue weighted by molar-refractivity contribution is 0.0340. The molecule has 1 saturated heterocycles. The van der Waals surface area contributed by atoms with Gasteiger partial charge in [-0.25, -0.2) is 0 Å². The number of aliphatic hydroxyl groups is 1. The predicted molar refractivity (Wildman–Crippen MR) is 44.4 cm³/mol. The maximum absolute atomic E-state index is 9.71. The number of hydrogen-bond donors (Lipinski definition) is 1. The molecule has 3 atom stereocenters. The van der Waals surface area contributed by atoms with Gasteiger partial charge in [0.2, 0.25) is 0 Å². The van der Waals surface area contributed by atoms with Gasteiger partial charge < -0.3 is 10.0 Å². The summed E-state index contributed by atoms with van der Waals surface area (Å²) in [4.78, 5) is 2.33. The van der Waals surface area contributed by atoms with E-state index >= 15 is 0 Å². The zero-order valence-electron chi connectivity index (χ0n) is 7.16. The van der Waals surface area contributed by atoms with E-state index in [2.05, 4.69) is 11.9 Å². The number of fused-ring (bicyclic) bond motifs is 1. The summed E-state index contributed by atoms with van der Waals surface area (Å²) in [5.74, 6) is 0.795. The zero-order valence-corrected chi connectivity index (χ0v) is 7.16. The first-order valence-electron chi connectivity index (χ1n) is 4.67. The van der Waals surface area contributed by atoms with Crippen LogP contribution in [0.5, 0.6) is 0 Å². The van der Waals surface area contributed by atoms with Crippen molar-refractivity contribution in [3.05, 3.63) is 0 Å². The first-order valence-corrected chi connectivity index (χ1v) is 4.67. The summed E-state index contributed by atoms with van der Waals surface area (Å²) >= 11 is 0. The van der Waals surface area contributed by atoms with Crippen molar-refractivity contribution >= 4 is 0 Å². The fraction of sp³-hybridized carbons (Fsp3) is 1.00. The molecule has 2 heteroatoms. The summed E-state index contributed by atoms with van der Waals surface area (Å²) in [5, 5.41) is 9.71. The Labute approximate surface area is 68.2 Å². The molecule has 3 unspecified atom stereocenters. The fourth-order valence-corrected chi connectivity index (χ4v) is 2.73. The average molecular weight is 155 g/mol. The van der Waals surface area contributed by atoms with Crippen LogP contribution in [0.1, 0.15) is 25.7 Å². The Balaban J connectivity index is 2.08. The van der Waals surface area contributed by atoms with Gasteiger partial charge in [0, 0.05) is 6.04 Å². The SMILES string of the molecule is CN1CCC2CCCC(O)C21. The van der Waals surface area contributed by atoms with Gasteiger partial charge >= 0.3 is 0 Å².